The molecule has 1 saturated carbocycles. The summed E-state index contributed by atoms with van der Waals surface area (Å²) in [6.45, 7) is 6.81. The summed E-state index contributed by atoms with van der Waals surface area (Å²) in [4.78, 5) is 0. The number of hydrogen-bond acceptors (Lipinski definition) is 2. The fourth-order valence-corrected chi connectivity index (χ4v) is 2.62. The van der Waals surface area contributed by atoms with Gasteiger partial charge >= 0.3 is 0 Å². The molecule has 0 saturated heterocycles. The number of nitrogens with one attached hydrogen (secondary N) is 1. The highest BCUT2D eigenvalue weighted by atomic mass is 14.9. The lowest BCUT2D eigenvalue weighted by molar-refractivity contribution is 0.435. The number of aryl methyl sites for hydroxylation is 1. The number of nitrogens with two attached hydrogens (primary N) is 1. The zero-order chi connectivity index (χ0) is 11.7. The van der Waals surface area contributed by atoms with Gasteiger partial charge in [0.1, 0.15) is 0 Å². The van der Waals surface area contributed by atoms with E-state index in [0.29, 0.717) is 6.04 Å². The van der Waals surface area contributed by atoms with Crippen LogP contribution in [0.1, 0.15) is 32.3 Å². The van der Waals surface area contributed by atoms with Gasteiger partial charge in [-0.1, -0.05) is 13.8 Å². The second-order valence-corrected chi connectivity index (χ2v) is 5.24. The molecule has 1 aliphatic carbocycles. The van der Waals surface area contributed by atoms with Crippen LogP contribution in [0.5, 0.6) is 0 Å². The molecule has 2 heteroatoms. The normalized spacial score (nSPS) is 29.3. The fourth-order valence-electron chi connectivity index (χ4n) is 2.62. The van der Waals surface area contributed by atoms with Crippen LogP contribution in [-0.4, -0.2) is 6.04 Å². The number of anilines is 2. The SMILES string of the molecule is Cc1cc(N)ccc1NC1CCC(C)C1C. The van der Waals surface area contributed by atoms with Gasteiger partial charge in [-0.25, -0.2) is 0 Å². The molecule has 88 valence electrons. The summed E-state index contributed by atoms with van der Waals surface area (Å²) in [6, 6.07) is 6.72. The van der Waals surface area contributed by atoms with Crippen LogP contribution in [0, 0.1) is 18.8 Å². The van der Waals surface area contributed by atoms with Gasteiger partial charge < -0.3 is 11.1 Å². The maximum atomic E-state index is 5.76. The molecule has 3 atom stereocenters. The molecule has 3 unspecified atom stereocenters. The summed E-state index contributed by atoms with van der Waals surface area (Å²) >= 11 is 0. The molecule has 2 rings (SSSR count). The Bertz CT molecular complexity index is 373. The Morgan fingerprint density at radius 2 is 2.00 bits per heavy atom. The van der Waals surface area contributed by atoms with Crippen LogP contribution in [0.15, 0.2) is 18.2 Å². The zero-order valence-corrected chi connectivity index (χ0v) is 10.5. The second-order valence-electron chi connectivity index (χ2n) is 5.24. The van der Waals surface area contributed by atoms with E-state index in [4.69, 9.17) is 5.73 Å². The third kappa shape index (κ3) is 2.16. The van der Waals surface area contributed by atoms with E-state index in [0.717, 1.165) is 17.5 Å². The predicted octanol–water partition coefficient (Wildman–Crippen LogP) is 3.42. The Morgan fingerprint density at radius 3 is 2.56 bits per heavy atom. The Morgan fingerprint density at radius 1 is 1.25 bits per heavy atom. The van der Waals surface area contributed by atoms with Gasteiger partial charge in [0, 0.05) is 17.4 Å². The van der Waals surface area contributed by atoms with Crippen LogP contribution in [0.2, 0.25) is 0 Å². The molecule has 1 aromatic rings. The van der Waals surface area contributed by atoms with Gasteiger partial charge in [0.15, 0.2) is 0 Å². The quantitative estimate of drug-likeness (QED) is 0.746. The minimum absolute atomic E-state index is 0.623. The first-order valence-corrected chi connectivity index (χ1v) is 6.20. The predicted molar refractivity (Wildman–Crippen MR) is 70.6 cm³/mol. The van der Waals surface area contributed by atoms with Crippen molar-refractivity contribution in [3.63, 3.8) is 0 Å². The average molecular weight is 218 g/mol. The number of rotatable bonds is 2. The molecular weight excluding hydrogens is 196 g/mol. The lowest BCUT2D eigenvalue weighted by Gasteiger charge is -2.22. The van der Waals surface area contributed by atoms with Gasteiger partial charge in [-0.2, -0.15) is 0 Å². The van der Waals surface area contributed by atoms with E-state index in [2.05, 4.69) is 32.2 Å². The Balaban J connectivity index is 2.09. The van der Waals surface area contributed by atoms with Crippen molar-refractivity contribution in [3.8, 4) is 0 Å². The molecule has 0 bridgehead atoms. The van der Waals surface area contributed by atoms with Crippen molar-refractivity contribution in [2.24, 2.45) is 11.8 Å². The van der Waals surface area contributed by atoms with Crippen molar-refractivity contribution in [2.75, 3.05) is 11.1 Å². The maximum Gasteiger partial charge on any atom is 0.0373 e. The first kappa shape index (κ1) is 11.3. The smallest absolute Gasteiger partial charge is 0.0373 e. The minimum atomic E-state index is 0.623. The molecule has 0 amide bonds. The topological polar surface area (TPSA) is 38.0 Å². The largest absolute Gasteiger partial charge is 0.399 e. The van der Waals surface area contributed by atoms with Crippen LogP contribution >= 0.6 is 0 Å². The average Bonchev–Trinajstić information content (AvgIpc) is 2.54. The molecule has 2 nitrogen and oxygen atoms in total. The first-order chi connectivity index (χ1) is 7.58. The minimum Gasteiger partial charge on any atom is -0.399 e. The second kappa shape index (κ2) is 4.36. The Labute approximate surface area is 98.2 Å². The van der Waals surface area contributed by atoms with Gasteiger partial charge in [-0.05, 0) is 55.4 Å². The van der Waals surface area contributed by atoms with Gasteiger partial charge in [-0.3, -0.25) is 0 Å². The van der Waals surface area contributed by atoms with Gasteiger partial charge in [0.25, 0.3) is 0 Å². The van der Waals surface area contributed by atoms with E-state index in [1.54, 1.807) is 0 Å². The zero-order valence-electron chi connectivity index (χ0n) is 10.5. The molecule has 3 N–H and O–H groups in total. The third-order valence-electron chi connectivity index (χ3n) is 4.06. The molecule has 1 fully saturated rings. The molecule has 1 aromatic carbocycles. The van der Waals surface area contributed by atoms with E-state index < -0.39 is 0 Å². The summed E-state index contributed by atoms with van der Waals surface area (Å²) in [6.07, 6.45) is 2.62. The molecule has 0 spiro atoms. The van der Waals surface area contributed by atoms with E-state index in [-0.39, 0.29) is 0 Å². The molecule has 0 radical (unpaired) electrons. The van der Waals surface area contributed by atoms with Crippen molar-refractivity contribution < 1.29 is 0 Å². The highest BCUT2D eigenvalue weighted by molar-refractivity contribution is 5.58. The fraction of sp³-hybridized carbons (Fsp3) is 0.571. The molecule has 0 heterocycles. The van der Waals surface area contributed by atoms with Crippen LogP contribution < -0.4 is 11.1 Å². The third-order valence-corrected chi connectivity index (χ3v) is 4.06. The maximum absolute atomic E-state index is 5.76. The van der Waals surface area contributed by atoms with Crippen LogP contribution in [-0.2, 0) is 0 Å². The van der Waals surface area contributed by atoms with Crippen LogP contribution in [0.25, 0.3) is 0 Å². The van der Waals surface area contributed by atoms with E-state index in [1.165, 1.54) is 24.1 Å². The number of benzene rings is 1. The summed E-state index contributed by atoms with van der Waals surface area (Å²) in [5.41, 5.74) is 9.08. The van der Waals surface area contributed by atoms with Crippen molar-refractivity contribution in [1.82, 2.24) is 0 Å². The lowest BCUT2D eigenvalue weighted by atomic mass is 9.97. The van der Waals surface area contributed by atoms with Crippen molar-refractivity contribution in [1.29, 1.82) is 0 Å². The van der Waals surface area contributed by atoms with Crippen LogP contribution in [0.4, 0.5) is 11.4 Å². The standard InChI is InChI=1S/C14H22N2/c1-9-4-6-14(11(9)3)16-13-7-5-12(15)8-10(13)2/h5,7-9,11,14,16H,4,6,15H2,1-3H3. The van der Waals surface area contributed by atoms with Gasteiger partial charge in [-0.15, -0.1) is 0 Å². The highest BCUT2D eigenvalue weighted by Gasteiger charge is 2.29. The molecule has 0 aromatic heterocycles. The van der Waals surface area contributed by atoms with Crippen molar-refractivity contribution >= 4 is 11.4 Å². The Kier molecular flexibility index (Phi) is 3.08. The van der Waals surface area contributed by atoms with Gasteiger partial charge in [0.05, 0.1) is 0 Å². The number of nitrogen functional groups attached to an aromatic ring is 1. The molecule has 1 aliphatic rings. The molecule has 16 heavy (non-hydrogen) atoms. The summed E-state index contributed by atoms with van der Waals surface area (Å²) in [7, 11) is 0. The van der Waals surface area contributed by atoms with Crippen molar-refractivity contribution in [3.05, 3.63) is 23.8 Å². The van der Waals surface area contributed by atoms with E-state index >= 15 is 0 Å². The molecule has 0 aliphatic heterocycles. The Hall–Kier alpha value is -1.18. The first-order valence-electron chi connectivity index (χ1n) is 6.20. The van der Waals surface area contributed by atoms with Gasteiger partial charge in [0.2, 0.25) is 0 Å². The highest BCUT2D eigenvalue weighted by Crippen LogP contribution is 2.34. The summed E-state index contributed by atoms with van der Waals surface area (Å²) in [5.74, 6) is 1.60. The summed E-state index contributed by atoms with van der Waals surface area (Å²) < 4.78 is 0. The summed E-state index contributed by atoms with van der Waals surface area (Å²) in [5, 5.41) is 3.66. The van der Waals surface area contributed by atoms with Crippen LogP contribution in [0.3, 0.4) is 0 Å². The monoisotopic (exact) mass is 218 g/mol. The number of hydrogen-bond donors (Lipinski definition) is 2. The van der Waals surface area contributed by atoms with Crippen molar-refractivity contribution in [2.45, 2.75) is 39.7 Å². The lowest BCUT2D eigenvalue weighted by Crippen LogP contribution is -2.24. The van der Waals surface area contributed by atoms with E-state index in [1.807, 2.05) is 12.1 Å². The molecular formula is C14H22N2. The van der Waals surface area contributed by atoms with E-state index in [9.17, 15) is 0 Å².